The van der Waals surface area contributed by atoms with Crippen molar-refractivity contribution in [3.63, 3.8) is 0 Å². The molecule has 5 rings (SSSR count). The Hall–Kier alpha value is -4.22. The summed E-state index contributed by atoms with van der Waals surface area (Å²) in [5, 5.41) is 14.8. The van der Waals surface area contributed by atoms with E-state index in [-0.39, 0.29) is 18.3 Å². The van der Waals surface area contributed by atoms with Crippen molar-refractivity contribution in [1.82, 2.24) is 30.0 Å². The number of nitrogens with one attached hydrogen (secondary N) is 1. The maximum absolute atomic E-state index is 14.9. The summed E-state index contributed by atoms with van der Waals surface area (Å²) in [5.41, 5.74) is 1.66. The molecule has 33 heavy (non-hydrogen) atoms. The number of aromatic nitrogens is 5. The average molecular weight is 452 g/mol. The third kappa shape index (κ3) is 4.68. The minimum atomic E-state index is -0.347. The van der Waals surface area contributed by atoms with Crippen LogP contribution >= 0.6 is 0 Å². The molecular formula is C21H21FN8O3. The Kier molecular flexibility index (Phi) is 5.70. The standard InChI is InChI=1S/C21H21FN8O3/c22-17-9-15(18-10-16(33-26-18)11-24-20-3-8-32-27-20)1-2-19(17)28-4-6-29(7-5-28)21(31)12-30-14-23-13-25-30/h1-3,8-10,13-14H,4-7,11-12H2,(H,24,27). The van der Waals surface area contributed by atoms with E-state index in [4.69, 9.17) is 9.05 Å². The number of carbonyl (C=O) groups is 1. The number of piperazine rings is 1. The van der Waals surface area contributed by atoms with Gasteiger partial charge < -0.3 is 24.2 Å². The van der Waals surface area contributed by atoms with Crippen LogP contribution in [-0.4, -0.2) is 62.1 Å². The van der Waals surface area contributed by atoms with Gasteiger partial charge in [0.25, 0.3) is 0 Å². The van der Waals surface area contributed by atoms with Crippen molar-refractivity contribution < 1.29 is 18.2 Å². The SMILES string of the molecule is O=C(Cn1cncn1)N1CCN(c2ccc(-c3cc(CNc4ccon4)on3)cc2F)CC1. The number of anilines is 2. The summed E-state index contributed by atoms with van der Waals surface area (Å²) < 4.78 is 26.5. The fourth-order valence-electron chi connectivity index (χ4n) is 3.69. The van der Waals surface area contributed by atoms with Gasteiger partial charge in [-0.15, -0.1) is 0 Å². The Balaban J connectivity index is 1.19. The minimum absolute atomic E-state index is 0.0316. The van der Waals surface area contributed by atoms with Gasteiger partial charge in [-0.2, -0.15) is 5.10 Å². The average Bonchev–Trinajstić information content (AvgIpc) is 3.61. The highest BCUT2D eigenvalue weighted by Gasteiger charge is 2.23. The number of halogens is 1. The molecule has 1 fully saturated rings. The lowest BCUT2D eigenvalue weighted by molar-refractivity contribution is -0.132. The van der Waals surface area contributed by atoms with Crippen molar-refractivity contribution in [2.45, 2.75) is 13.1 Å². The van der Waals surface area contributed by atoms with E-state index in [1.165, 1.54) is 29.7 Å². The number of hydrogen-bond acceptors (Lipinski definition) is 9. The smallest absolute Gasteiger partial charge is 0.244 e. The fraction of sp³-hybridized carbons (Fsp3) is 0.286. The van der Waals surface area contributed by atoms with Crippen molar-refractivity contribution in [3.8, 4) is 11.3 Å². The highest BCUT2D eigenvalue weighted by atomic mass is 19.1. The van der Waals surface area contributed by atoms with E-state index in [1.807, 2.05) is 11.0 Å². The van der Waals surface area contributed by atoms with E-state index >= 15 is 0 Å². The molecule has 11 nitrogen and oxygen atoms in total. The van der Waals surface area contributed by atoms with Crippen molar-refractivity contribution >= 4 is 17.4 Å². The molecule has 0 saturated carbocycles. The third-order valence-electron chi connectivity index (χ3n) is 5.42. The van der Waals surface area contributed by atoms with Gasteiger partial charge in [0.15, 0.2) is 11.6 Å². The quantitative estimate of drug-likeness (QED) is 0.449. The number of hydrogen-bond donors (Lipinski definition) is 1. The topological polar surface area (TPSA) is 118 Å². The molecule has 1 N–H and O–H groups in total. The van der Waals surface area contributed by atoms with Gasteiger partial charge >= 0.3 is 0 Å². The molecule has 0 bridgehead atoms. The number of carbonyl (C=O) groups excluding carboxylic acids is 1. The van der Waals surface area contributed by atoms with Crippen molar-refractivity contribution in [2.24, 2.45) is 0 Å². The summed E-state index contributed by atoms with van der Waals surface area (Å²) in [6.07, 6.45) is 4.37. The molecule has 0 unspecified atom stereocenters. The Labute approximate surface area is 187 Å². The molecule has 12 heteroatoms. The van der Waals surface area contributed by atoms with Gasteiger partial charge in [-0.25, -0.2) is 14.1 Å². The van der Waals surface area contributed by atoms with E-state index in [2.05, 4.69) is 25.7 Å². The number of benzene rings is 1. The number of rotatable bonds is 7. The van der Waals surface area contributed by atoms with Crippen LogP contribution in [0.1, 0.15) is 5.76 Å². The van der Waals surface area contributed by atoms with Crippen LogP contribution in [0.5, 0.6) is 0 Å². The van der Waals surface area contributed by atoms with Crippen LogP contribution in [0.15, 0.2) is 58.3 Å². The molecule has 1 saturated heterocycles. The van der Waals surface area contributed by atoms with Crippen LogP contribution in [0, 0.1) is 5.82 Å². The minimum Gasteiger partial charge on any atom is -0.366 e. The highest BCUT2D eigenvalue weighted by Crippen LogP contribution is 2.27. The molecule has 1 aromatic carbocycles. The summed E-state index contributed by atoms with van der Waals surface area (Å²) in [4.78, 5) is 19.9. The molecule has 0 spiro atoms. The predicted octanol–water partition coefficient (Wildman–Crippen LogP) is 2.02. The van der Waals surface area contributed by atoms with E-state index in [0.717, 1.165) is 0 Å². The maximum Gasteiger partial charge on any atom is 0.244 e. The molecule has 4 heterocycles. The predicted molar refractivity (Wildman–Crippen MR) is 115 cm³/mol. The van der Waals surface area contributed by atoms with Gasteiger partial charge in [-0.3, -0.25) is 4.79 Å². The molecule has 1 aliphatic heterocycles. The largest absolute Gasteiger partial charge is 0.366 e. The van der Waals surface area contributed by atoms with E-state index in [1.54, 1.807) is 23.1 Å². The normalized spacial score (nSPS) is 14.0. The summed E-state index contributed by atoms with van der Waals surface area (Å²) in [7, 11) is 0. The number of nitrogens with zero attached hydrogens (tertiary/aromatic N) is 7. The first-order valence-corrected chi connectivity index (χ1v) is 10.4. The van der Waals surface area contributed by atoms with E-state index in [9.17, 15) is 9.18 Å². The fourth-order valence-corrected chi connectivity index (χ4v) is 3.69. The molecule has 3 aromatic heterocycles. The summed E-state index contributed by atoms with van der Waals surface area (Å²) in [6, 6.07) is 8.44. The van der Waals surface area contributed by atoms with Crippen molar-refractivity contribution in [3.05, 3.63) is 60.8 Å². The van der Waals surface area contributed by atoms with Gasteiger partial charge in [0.2, 0.25) is 5.91 Å². The highest BCUT2D eigenvalue weighted by molar-refractivity contribution is 5.76. The molecule has 4 aromatic rings. The zero-order chi connectivity index (χ0) is 22.6. The first-order valence-electron chi connectivity index (χ1n) is 10.4. The first kappa shape index (κ1) is 20.7. The summed E-state index contributed by atoms with van der Waals surface area (Å²) in [6.45, 7) is 2.64. The maximum atomic E-state index is 14.9. The summed E-state index contributed by atoms with van der Waals surface area (Å²) >= 11 is 0. The van der Waals surface area contributed by atoms with E-state index in [0.29, 0.717) is 61.2 Å². The zero-order valence-electron chi connectivity index (χ0n) is 17.6. The second-order valence-electron chi connectivity index (χ2n) is 7.54. The lowest BCUT2D eigenvalue weighted by Gasteiger charge is -2.36. The Morgan fingerprint density at radius 2 is 2.00 bits per heavy atom. The second kappa shape index (κ2) is 9.10. The summed E-state index contributed by atoms with van der Waals surface area (Å²) in [5.74, 6) is 0.795. The molecule has 0 aliphatic carbocycles. The second-order valence-corrected chi connectivity index (χ2v) is 7.54. The lowest BCUT2D eigenvalue weighted by Crippen LogP contribution is -2.49. The molecule has 1 aliphatic rings. The van der Waals surface area contributed by atoms with Crippen LogP contribution < -0.4 is 10.2 Å². The van der Waals surface area contributed by atoms with Gasteiger partial charge in [0.05, 0.1) is 12.2 Å². The van der Waals surface area contributed by atoms with E-state index < -0.39 is 0 Å². The van der Waals surface area contributed by atoms with Gasteiger partial charge in [-0.1, -0.05) is 16.4 Å². The van der Waals surface area contributed by atoms with Crippen molar-refractivity contribution in [1.29, 1.82) is 0 Å². The monoisotopic (exact) mass is 452 g/mol. The van der Waals surface area contributed by atoms with Crippen molar-refractivity contribution in [2.75, 3.05) is 36.4 Å². The van der Waals surface area contributed by atoms with Gasteiger partial charge in [0.1, 0.15) is 37.0 Å². The van der Waals surface area contributed by atoms with Gasteiger partial charge in [-0.05, 0) is 12.1 Å². The molecule has 1 amide bonds. The van der Waals surface area contributed by atoms with Crippen LogP contribution in [0.25, 0.3) is 11.3 Å². The Bertz CT molecular complexity index is 1200. The zero-order valence-corrected chi connectivity index (χ0v) is 17.6. The molecule has 0 radical (unpaired) electrons. The van der Waals surface area contributed by atoms with Crippen LogP contribution in [0.2, 0.25) is 0 Å². The van der Waals surface area contributed by atoms with Crippen LogP contribution in [0.3, 0.4) is 0 Å². The Morgan fingerprint density at radius 1 is 1.12 bits per heavy atom. The lowest BCUT2D eigenvalue weighted by atomic mass is 10.1. The molecular weight excluding hydrogens is 431 g/mol. The molecule has 0 atom stereocenters. The first-order chi connectivity index (χ1) is 16.2. The molecule has 170 valence electrons. The third-order valence-corrected chi connectivity index (χ3v) is 5.42. The Morgan fingerprint density at radius 3 is 2.73 bits per heavy atom. The number of amides is 1. The van der Waals surface area contributed by atoms with Crippen LogP contribution in [-0.2, 0) is 17.9 Å². The van der Waals surface area contributed by atoms with Crippen LogP contribution in [0.4, 0.5) is 15.9 Å². The van der Waals surface area contributed by atoms with Gasteiger partial charge in [0, 0.05) is 43.9 Å².